The van der Waals surface area contributed by atoms with Crippen molar-refractivity contribution in [2.45, 2.75) is 33.1 Å². The van der Waals surface area contributed by atoms with Gasteiger partial charge in [0.05, 0.1) is 11.0 Å². The molecule has 0 bridgehead atoms. The smallest absolute Gasteiger partial charge is 0.205 e. The number of hydrogen-bond acceptors (Lipinski definition) is 6. The second-order valence-corrected chi connectivity index (χ2v) is 8.09. The lowest BCUT2D eigenvalue weighted by molar-refractivity contribution is 0.372. The lowest BCUT2D eigenvalue weighted by atomic mass is 10.3. The second-order valence-electron chi connectivity index (χ2n) is 7.36. The van der Waals surface area contributed by atoms with Gasteiger partial charge in [0, 0.05) is 63.6 Å². The summed E-state index contributed by atoms with van der Waals surface area (Å²) in [6, 6.07) is 8.16. The van der Waals surface area contributed by atoms with Crippen molar-refractivity contribution in [1.29, 1.82) is 0 Å². The molecule has 0 saturated carbocycles. The topological polar surface area (TPSA) is 85.3 Å². The van der Waals surface area contributed by atoms with Crippen LogP contribution in [0.25, 0.3) is 11.0 Å². The summed E-state index contributed by atoms with van der Waals surface area (Å²) >= 11 is 1.51. The van der Waals surface area contributed by atoms with Crippen LogP contribution in [0.1, 0.15) is 31.9 Å². The van der Waals surface area contributed by atoms with Gasteiger partial charge < -0.3 is 20.1 Å². The van der Waals surface area contributed by atoms with Crippen molar-refractivity contribution in [3.63, 3.8) is 0 Å². The third-order valence-corrected chi connectivity index (χ3v) is 6.04. The average molecular weight is 427 g/mol. The average Bonchev–Trinajstić information content (AvgIpc) is 3.42. The largest absolute Gasteiger partial charge is 0.357 e. The highest BCUT2D eigenvalue weighted by Gasteiger charge is 2.22. The number of nitrogens with one attached hydrogen (secondary N) is 2. The van der Waals surface area contributed by atoms with Crippen molar-refractivity contribution in [2.24, 2.45) is 4.99 Å². The molecule has 3 aromatic rings. The highest BCUT2D eigenvalue weighted by atomic mass is 32.1. The number of fused-ring (bicyclic) bond motifs is 1. The van der Waals surface area contributed by atoms with Crippen molar-refractivity contribution in [2.75, 3.05) is 44.2 Å². The molecule has 30 heavy (non-hydrogen) atoms. The highest BCUT2D eigenvalue weighted by molar-refractivity contribution is 7.09. The van der Waals surface area contributed by atoms with Gasteiger partial charge >= 0.3 is 0 Å². The molecule has 1 aliphatic heterocycles. The van der Waals surface area contributed by atoms with Crippen LogP contribution < -0.4 is 10.2 Å². The normalized spacial score (nSPS) is 15.2. The number of anilines is 1. The Labute approximate surface area is 181 Å². The third-order valence-electron chi connectivity index (χ3n) is 5.23. The van der Waals surface area contributed by atoms with Crippen molar-refractivity contribution in [3.05, 3.63) is 35.9 Å². The molecule has 1 fully saturated rings. The Kier molecular flexibility index (Phi) is 6.78. The van der Waals surface area contributed by atoms with Crippen LogP contribution >= 0.6 is 11.5 Å². The summed E-state index contributed by atoms with van der Waals surface area (Å²) in [4.78, 5) is 22.2. The van der Waals surface area contributed by atoms with Gasteiger partial charge in [0.15, 0.2) is 5.96 Å². The van der Waals surface area contributed by atoms with Gasteiger partial charge in [-0.25, -0.2) is 9.97 Å². The fourth-order valence-corrected chi connectivity index (χ4v) is 4.41. The van der Waals surface area contributed by atoms with E-state index >= 15 is 0 Å². The van der Waals surface area contributed by atoms with Gasteiger partial charge in [0.1, 0.15) is 11.6 Å². The first-order valence-corrected chi connectivity index (χ1v) is 11.6. The van der Waals surface area contributed by atoms with Crippen molar-refractivity contribution in [3.8, 4) is 0 Å². The highest BCUT2D eigenvalue weighted by Crippen LogP contribution is 2.19. The van der Waals surface area contributed by atoms with E-state index in [9.17, 15) is 0 Å². The third kappa shape index (κ3) is 4.89. The van der Waals surface area contributed by atoms with Crippen LogP contribution in [0.5, 0.6) is 0 Å². The number of H-pyrrole nitrogens is 1. The Bertz CT molecular complexity index is 937. The summed E-state index contributed by atoms with van der Waals surface area (Å²) in [5.41, 5.74) is 2.13. The first-order valence-electron chi connectivity index (χ1n) is 10.8. The molecule has 0 spiro atoms. The van der Waals surface area contributed by atoms with Crippen LogP contribution in [0.2, 0.25) is 0 Å². The van der Waals surface area contributed by atoms with Gasteiger partial charge in [-0.3, -0.25) is 4.99 Å². The molecule has 1 saturated heterocycles. The Hall–Kier alpha value is -2.68. The van der Waals surface area contributed by atoms with E-state index in [4.69, 9.17) is 4.99 Å². The van der Waals surface area contributed by atoms with E-state index in [0.29, 0.717) is 0 Å². The van der Waals surface area contributed by atoms with Crippen LogP contribution in [0.3, 0.4) is 0 Å². The van der Waals surface area contributed by atoms with Crippen LogP contribution in [0, 0.1) is 0 Å². The molecule has 2 aromatic heterocycles. The van der Waals surface area contributed by atoms with Crippen molar-refractivity contribution < 1.29 is 0 Å². The molecule has 1 aliphatic rings. The number of aromatic nitrogens is 4. The number of aromatic amines is 1. The number of rotatable bonds is 7. The van der Waals surface area contributed by atoms with E-state index < -0.39 is 0 Å². The van der Waals surface area contributed by atoms with Gasteiger partial charge in [-0.15, -0.1) is 0 Å². The number of hydrogen-bond donors (Lipinski definition) is 2. The zero-order chi connectivity index (χ0) is 20.8. The zero-order valence-corrected chi connectivity index (χ0v) is 18.6. The number of benzene rings is 1. The lowest BCUT2D eigenvalue weighted by Crippen LogP contribution is -2.52. The molecule has 8 nitrogen and oxygen atoms in total. The predicted molar refractivity (Wildman–Crippen MR) is 123 cm³/mol. The first kappa shape index (κ1) is 20.6. The number of nitrogens with zero attached hydrogens (tertiary/aromatic N) is 6. The lowest BCUT2D eigenvalue weighted by Gasteiger charge is -2.36. The summed E-state index contributed by atoms with van der Waals surface area (Å²) in [5, 5.41) is 4.49. The Morgan fingerprint density at radius 2 is 2.00 bits per heavy atom. The van der Waals surface area contributed by atoms with E-state index in [0.717, 1.165) is 92.3 Å². The standard InChI is InChI=1S/C21H30N8S/c1-3-18-26-21(30-27-18)29-14-12-28(13-15-29)20(22-4-2)23-11-7-10-19-24-16-8-5-6-9-17(16)25-19/h5-6,8-9H,3-4,7,10-15H2,1-2H3,(H,22,23)(H,24,25). The number of para-hydroxylation sites is 2. The SMILES string of the molecule is CCNC(=NCCCc1nc2ccccc2[nH]1)N1CCN(c2nc(CC)ns2)CC1. The van der Waals surface area contributed by atoms with Crippen molar-refractivity contribution >= 4 is 33.7 Å². The van der Waals surface area contributed by atoms with E-state index in [1.807, 2.05) is 18.2 Å². The zero-order valence-electron chi connectivity index (χ0n) is 17.8. The summed E-state index contributed by atoms with van der Waals surface area (Å²) in [6.45, 7) is 9.65. The minimum atomic E-state index is 0.788. The summed E-state index contributed by atoms with van der Waals surface area (Å²) in [7, 11) is 0. The predicted octanol–water partition coefficient (Wildman–Crippen LogP) is 2.70. The molecule has 0 amide bonds. The van der Waals surface area contributed by atoms with E-state index in [1.54, 1.807) is 0 Å². The van der Waals surface area contributed by atoms with Gasteiger partial charge in [0.25, 0.3) is 0 Å². The van der Waals surface area contributed by atoms with E-state index in [2.05, 4.69) is 54.4 Å². The van der Waals surface area contributed by atoms with Gasteiger partial charge in [-0.05, 0) is 25.5 Å². The summed E-state index contributed by atoms with van der Waals surface area (Å²) < 4.78 is 4.41. The molecule has 0 aliphatic carbocycles. The van der Waals surface area contributed by atoms with Gasteiger partial charge in [-0.1, -0.05) is 19.1 Å². The molecule has 0 atom stereocenters. The minimum absolute atomic E-state index is 0.788. The number of imidazole rings is 1. The molecular weight excluding hydrogens is 396 g/mol. The molecular formula is C21H30N8S. The second kappa shape index (κ2) is 9.88. The number of guanidine groups is 1. The monoisotopic (exact) mass is 426 g/mol. The maximum atomic E-state index is 4.87. The van der Waals surface area contributed by atoms with Gasteiger partial charge in [0.2, 0.25) is 5.13 Å². The molecule has 4 rings (SSSR count). The van der Waals surface area contributed by atoms with Crippen molar-refractivity contribution in [1.82, 2.24) is 29.5 Å². The molecule has 1 aromatic carbocycles. The molecule has 3 heterocycles. The molecule has 160 valence electrons. The molecule has 9 heteroatoms. The maximum absolute atomic E-state index is 4.87. The maximum Gasteiger partial charge on any atom is 0.205 e. The van der Waals surface area contributed by atoms with E-state index in [-0.39, 0.29) is 0 Å². The Morgan fingerprint density at radius 1 is 1.17 bits per heavy atom. The number of aliphatic imine (C=N–C) groups is 1. The van der Waals surface area contributed by atoms with E-state index in [1.165, 1.54) is 11.5 Å². The summed E-state index contributed by atoms with van der Waals surface area (Å²) in [5.74, 6) is 2.98. The molecule has 0 unspecified atom stereocenters. The van der Waals surface area contributed by atoms with Crippen LogP contribution in [-0.4, -0.2) is 69.5 Å². The Balaban J connectivity index is 1.29. The molecule has 2 N–H and O–H groups in total. The fourth-order valence-electron chi connectivity index (χ4n) is 3.61. The van der Waals surface area contributed by atoms with Gasteiger partial charge in [-0.2, -0.15) is 4.37 Å². The fraction of sp³-hybridized carbons (Fsp3) is 0.524. The van der Waals surface area contributed by atoms with Crippen LogP contribution in [0.15, 0.2) is 29.3 Å². The Morgan fingerprint density at radius 3 is 2.73 bits per heavy atom. The molecule has 0 radical (unpaired) electrons. The number of aryl methyl sites for hydroxylation is 2. The van der Waals surface area contributed by atoms with Crippen LogP contribution in [0.4, 0.5) is 5.13 Å². The number of piperazine rings is 1. The quantitative estimate of drug-likeness (QED) is 0.343. The first-order chi connectivity index (χ1) is 14.8. The summed E-state index contributed by atoms with van der Waals surface area (Å²) in [6.07, 6.45) is 2.77. The van der Waals surface area contributed by atoms with Crippen LogP contribution in [-0.2, 0) is 12.8 Å². The minimum Gasteiger partial charge on any atom is -0.357 e.